The van der Waals surface area contributed by atoms with Crippen molar-refractivity contribution in [1.29, 1.82) is 0 Å². The molecule has 1 amide bonds. The Morgan fingerprint density at radius 2 is 2.13 bits per heavy atom. The molecule has 0 heterocycles. The predicted molar refractivity (Wildman–Crippen MR) is 58.4 cm³/mol. The summed E-state index contributed by atoms with van der Waals surface area (Å²) in [6.45, 7) is 0.420. The standard InChI is InChI=1S/C12H19NO2/c14-11(10-5-1-2-6-10)13-9-12(15)7-3-4-8-12/h5,15H,1-4,6-9H2,(H,13,14). The SMILES string of the molecule is O=C(NCC1(O)CCCC1)C1=CCCC1. The number of nitrogens with one attached hydrogen (secondary N) is 1. The molecule has 2 aliphatic carbocycles. The van der Waals surface area contributed by atoms with Crippen LogP contribution in [0.1, 0.15) is 44.9 Å². The Labute approximate surface area is 90.6 Å². The van der Waals surface area contributed by atoms with Crippen molar-refractivity contribution < 1.29 is 9.90 Å². The van der Waals surface area contributed by atoms with Crippen LogP contribution in [0.25, 0.3) is 0 Å². The molecule has 2 N–H and O–H groups in total. The van der Waals surface area contributed by atoms with Crippen molar-refractivity contribution in [3.05, 3.63) is 11.6 Å². The molecule has 1 saturated carbocycles. The number of allylic oxidation sites excluding steroid dienone is 1. The molecule has 15 heavy (non-hydrogen) atoms. The van der Waals surface area contributed by atoms with Gasteiger partial charge in [0.1, 0.15) is 0 Å². The Morgan fingerprint density at radius 1 is 1.40 bits per heavy atom. The highest BCUT2D eigenvalue weighted by atomic mass is 16.3. The third-order valence-corrected chi connectivity index (χ3v) is 3.44. The predicted octanol–water partition coefficient (Wildman–Crippen LogP) is 1.52. The number of carbonyl (C=O) groups is 1. The third kappa shape index (κ3) is 2.59. The van der Waals surface area contributed by atoms with E-state index in [0.717, 1.165) is 50.5 Å². The second-order valence-corrected chi connectivity index (χ2v) is 4.74. The summed E-state index contributed by atoms with van der Waals surface area (Å²) in [6, 6.07) is 0. The topological polar surface area (TPSA) is 49.3 Å². The first kappa shape index (κ1) is 10.7. The van der Waals surface area contributed by atoms with E-state index in [9.17, 15) is 9.90 Å². The highest BCUT2D eigenvalue weighted by Crippen LogP contribution is 2.28. The number of hydrogen-bond donors (Lipinski definition) is 2. The maximum Gasteiger partial charge on any atom is 0.246 e. The van der Waals surface area contributed by atoms with Gasteiger partial charge in [0.25, 0.3) is 0 Å². The summed E-state index contributed by atoms with van der Waals surface area (Å²) in [5.41, 5.74) is 0.269. The van der Waals surface area contributed by atoms with Crippen molar-refractivity contribution in [3.63, 3.8) is 0 Å². The first-order valence-electron chi connectivity index (χ1n) is 5.89. The quantitative estimate of drug-likeness (QED) is 0.740. The van der Waals surface area contributed by atoms with Crippen LogP contribution in [0.2, 0.25) is 0 Å². The molecule has 0 aromatic carbocycles. The van der Waals surface area contributed by atoms with Gasteiger partial charge in [-0.2, -0.15) is 0 Å². The van der Waals surface area contributed by atoms with Crippen LogP contribution in [0.4, 0.5) is 0 Å². The normalized spacial score (nSPS) is 23.9. The number of rotatable bonds is 3. The summed E-state index contributed by atoms with van der Waals surface area (Å²) in [5, 5.41) is 12.9. The first-order valence-corrected chi connectivity index (χ1v) is 5.89. The highest BCUT2D eigenvalue weighted by molar-refractivity contribution is 5.93. The highest BCUT2D eigenvalue weighted by Gasteiger charge is 2.31. The van der Waals surface area contributed by atoms with Crippen LogP contribution in [0.5, 0.6) is 0 Å². The third-order valence-electron chi connectivity index (χ3n) is 3.44. The molecule has 0 aromatic heterocycles. The molecular formula is C12H19NO2. The molecule has 0 aliphatic heterocycles. The fourth-order valence-electron chi connectivity index (χ4n) is 2.45. The van der Waals surface area contributed by atoms with Gasteiger partial charge in [0, 0.05) is 12.1 Å². The lowest BCUT2D eigenvalue weighted by Gasteiger charge is -2.22. The molecule has 2 aliphatic rings. The van der Waals surface area contributed by atoms with E-state index in [1.54, 1.807) is 0 Å². The number of amides is 1. The molecule has 0 saturated heterocycles. The maximum absolute atomic E-state index is 11.7. The van der Waals surface area contributed by atoms with Gasteiger partial charge in [0.2, 0.25) is 5.91 Å². The van der Waals surface area contributed by atoms with Gasteiger partial charge in [0.05, 0.1) is 5.60 Å². The first-order chi connectivity index (χ1) is 7.20. The Balaban J connectivity index is 1.79. The van der Waals surface area contributed by atoms with E-state index >= 15 is 0 Å². The fraction of sp³-hybridized carbons (Fsp3) is 0.750. The largest absolute Gasteiger partial charge is 0.388 e. The van der Waals surface area contributed by atoms with E-state index in [4.69, 9.17) is 0 Å². The summed E-state index contributed by atoms with van der Waals surface area (Å²) >= 11 is 0. The minimum atomic E-state index is -0.630. The zero-order chi connectivity index (χ0) is 10.7. The van der Waals surface area contributed by atoms with E-state index in [1.165, 1.54) is 0 Å². The van der Waals surface area contributed by atoms with Crippen molar-refractivity contribution in [3.8, 4) is 0 Å². The van der Waals surface area contributed by atoms with Crippen LogP contribution < -0.4 is 5.32 Å². The second-order valence-electron chi connectivity index (χ2n) is 4.74. The van der Waals surface area contributed by atoms with E-state index in [-0.39, 0.29) is 5.91 Å². The number of hydrogen-bond acceptors (Lipinski definition) is 2. The van der Waals surface area contributed by atoms with Crippen LogP contribution in [0, 0.1) is 0 Å². The summed E-state index contributed by atoms with van der Waals surface area (Å²) in [6.07, 6.45) is 8.82. The molecule has 1 fully saturated rings. The molecule has 0 spiro atoms. The van der Waals surface area contributed by atoms with Crippen LogP contribution in [0.3, 0.4) is 0 Å². The van der Waals surface area contributed by atoms with Crippen LogP contribution in [-0.2, 0) is 4.79 Å². The molecule has 0 bridgehead atoms. The van der Waals surface area contributed by atoms with Gasteiger partial charge in [-0.05, 0) is 32.1 Å². The van der Waals surface area contributed by atoms with Crippen molar-refractivity contribution in [2.24, 2.45) is 0 Å². The number of carbonyl (C=O) groups excluding carboxylic acids is 1. The Hall–Kier alpha value is -0.830. The van der Waals surface area contributed by atoms with Gasteiger partial charge in [-0.25, -0.2) is 0 Å². The van der Waals surface area contributed by atoms with Crippen molar-refractivity contribution in [1.82, 2.24) is 5.32 Å². The van der Waals surface area contributed by atoms with Crippen molar-refractivity contribution in [2.45, 2.75) is 50.5 Å². The summed E-state index contributed by atoms with van der Waals surface area (Å²) in [7, 11) is 0. The Kier molecular flexibility index (Phi) is 3.10. The lowest BCUT2D eigenvalue weighted by Crippen LogP contribution is -2.41. The van der Waals surface area contributed by atoms with E-state index in [1.807, 2.05) is 6.08 Å². The average Bonchev–Trinajstić information content (AvgIpc) is 2.85. The average molecular weight is 209 g/mol. The van der Waals surface area contributed by atoms with Gasteiger partial charge < -0.3 is 10.4 Å². The van der Waals surface area contributed by atoms with E-state index < -0.39 is 5.60 Å². The molecular weight excluding hydrogens is 190 g/mol. The monoisotopic (exact) mass is 209 g/mol. The summed E-state index contributed by atoms with van der Waals surface area (Å²) < 4.78 is 0. The van der Waals surface area contributed by atoms with Crippen LogP contribution in [-0.4, -0.2) is 23.2 Å². The summed E-state index contributed by atoms with van der Waals surface area (Å²) in [5.74, 6) is 0.0211. The van der Waals surface area contributed by atoms with Gasteiger partial charge in [-0.1, -0.05) is 18.9 Å². The van der Waals surface area contributed by atoms with Crippen LogP contribution in [0.15, 0.2) is 11.6 Å². The minimum Gasteiger partial charge on any atom is -0.388 e. The minimum absolute atomic E-state index is 0.0211. The van der Waals surface area contributed by atoms with Crippen LogP contribution >= 0.6 is 0 Å². The maximum atomic E-state index is 11.7. The van der Waals surface area contributed by atoms with Gasteiger partial charge >= 0.3 is 0 Å². The Bertz CT molecular complexity index is 277. The second kappa shape index (κ2) is 4.35. The van der Waals surface area contributed by atoms with E-state index in [0.29, 0.717) is 6.54 Å². The Morgan fingerprint density at radius 3 is 2.73 bits per heavy atom. The lowest BCUT2D eigenvalue weighted by molar-refractivity contribution is -0.118. The molecule has 0 radical (unpaired) electrons. The molecule has 0 unspecified atom stereocenters. The van der Waals surface area contributed by atoms with Gasteiger partial charge in [-0.15, -0.1) is 0 Å². The molecule has 3 heteroatoms. The van der Waals surface area contributed by atoms with Gasteiger partial charge in [0.15, 0.2) is 0 Å². The smallest absolute Gasteiger partial charge is 0.246 e. The molecule has 0 atom stereocenters. The molecule has 84 valence electrons. The fourth-order valence-corrected chi connectivity index (χ4v) is 2.45. The molecule has 0 aromatic rings. The summed E-state index contributed by atoms with van der Waals surface area (Å²) in [4.78, 5) is 11.7. The molecule has 2 rings (SSSR count). The zero-order valence-corrected chi connectivity index (χ0v) is 9.09. The van der Waals surface area contributed by atoms with Gasteiger partial charge in [-0.3, -0.25) is 4.79 Å². The lowest BCUT2D eigenvalue weighted by atomic mass is 10.0. The van der Waals surface area contributed by atoms with Crippen molar-refractivity contribution >= 4 is 5.91 Å². The van der Waals surface area contributed by atoms with E-state index in [2.05, 4.69) is 5.32 Å². The molecule has 3 nitrogen and oxygen atoms in total. The zero-order valence-electron chi connectivity index (χ0n) is 9.09. The van der Waals surface area contributed by atoms with Crippen molar-refractivity contribution in [2.75, 3.05) is 6.54 Å². The number of aliphatic hydroxyl groups is 1.